The summed E-state index contributed by atoms with van der Waals surface area (Å²) in [6.45, 7) is 2.51. The Balaban J connectivity index is 2.14. The van der Waals surface area contributed by atoms with Gasteiger partial charge in [-0.2, -0.15) is 0 Å². The van der Waals surface area contributed by atoms with Crippen LogP contribution in [0.3, 0.4) is 0 Å². The largest absolute Gasteiger partial charge is 0.481 e. The molecule has 1 aromatic rings. The van der Waals surface area contributed by atoms with Gasteiger partial charge in [-0.05, 0) is 25.0 Å². The summed E-state index contributed by atoms with van der Waals surface area (Å²) in [6.07, 6.45) is 2.73. The van der Waals surface area contributed by atoms with Gasteiger partial charge < -0.3 is 10.0 Å². The number of nitrogens with zero attached hydrogens (tertiary/aromatic N) is 2. The van der Waals surface area contributed by atoms with Gasteiger partial charge in [-0.1, -0.05) is 13.3 Å². The van der Waals surface area contributed by atoms with Gasteiger partial charge in [0.1, 0.15) is 11.5 Å². The summed E-state index contributed by atoms with van der Waals surface area (Å²) in [5.41, 5.74) is -0.714. The number of carboxylic acid groups (broad SMARTS) is 1. The first-order valence-electron chi connectivity index (χ1n) is 6.63. The molecule has 20 heavy (non-hydrogen) atoms. The first-order valence-corrected chi connectivity index (χ1v) is 6.63. The zero-order chi connectivity index (χ0) is 14.8. The zero-order valence-corrected chi connectivity index (χ0v) is 11.3. The van der Waals surface area contributed by atoms with Crippen LogP contribution in [-0.4, -0.2) is 40.0 Å². The van der Waals surface area contributed by atoms with E-state index in [0.717, 1.165) is 12.6 Å². The Labute approximate surface area is 116 Å². The van der Waals surface area contributed by atoms with Gasteiger partial charge in [0.05, 0.1) is 11.6 Å². The maximum absolute atomic E-state index is 12.8. The van der Waals surface area contributed by atoms with E-state index in [2.05, 4.69) is 4.98 Å². The number of carbonyl (C=O) groups excluding carboxylic acids is 1. The van der Waals surface area contributed by atoms with Gasteiger partial charge in [-0.15, -0.1) is 0 Å². The lowest BCUT2D eigenvalue weighted by molar-refractivity contribution is -0.148. The highest BCUT2D eigenvalue weighted by atomic mass is 19.1. The molecule has 0 saturated carbocycles. The van der Waals surface area contributed by atoms with Crippen LogP contribution in [0.2, 0.25) is 0 Å². The molecule has 1 fully saturated rings. The lowest BCUT2D eigenvalue weighted by Gasteiger charge is -2.24. The minimum Gasteiger partial charge on any atom is -0.481 e. The fraction of sp³-hybridized carbons (Fsp3) is 0.500. The molecule has 0 aliphatic carbocycles. The minimum absolute atomic E-state index is 0.143. The predicted octanol–water partition coefficient (Wildman–Crippen LogP) is 1.94. The van der Waals surface area contributed by atoms with Gasteiger partial charge in [0.2, 0.25) is 0 Å². The first kappa shape index (κ1) is 14.4. The van der Waals surface area contributed by atoms with Crippen LogP contribution in [0.15, 0.2) is 18.3 Å². The van der Waals surface area contributed by atoms with Crippen molar-refractivity contribution in [2.45, 2.75) is 26.2 Å². The maximum Gasteiger partial charge on any atom is 0.311 e. The number of pyridine rings is 1. The van der Waals surface area contributed by atoms with Crippen LogP contribution in [-0.2, 0) is 4.79 Å². The highest BCUT2D eigenvalue weighted by molar-refractivity contribution is 5.93. The number of likely N-dealkylation sites (tertiary alicyclic amines) is 1. The van der Waals surface area contributed by atoms with Crippen molar-refractivity contribution in [1.29, 1.82) is 0 Å². The molecule has 1 N–H and O–H groups in total. The van der Waals surface area contributed by atoms with E-state index in [1.165, 1.54) is 17.0 Å². The van der Waals surface area contributed by atoms with Crippen molar-refractivity contribution < 1.29 is 19.1 Å². The molecule has 1 saturated heterocycles. The van der Waals surface area contributed by atoms with Crippen molar-refractivity contribution in [2.24, 2.45) is 5.41 Å². The second-order valence-corrected chi connectivity index (χ2v) is 5.17. The molecular formula is C14H17FN2O3. The van der Waals surface area contributed by atoms with Crippen LogP contribution in [0.1, 0.15) is 36.7 Å². The molecular weight excluding hydrogens is 263 g/mol. The molecule has 1 atom stereocenters. The van der Waals surface area contributed by atoms with Crippen molar-refractivity contribution >= 4 is 11.9 Å². The molecule has 1 unspecified atom stereocenters. The molecule has 5 nitrogen and oxygen atoms in total. The van der Waals surface area contributed by atoms with E-state index in [9.17, 15) is 19.1 Å². The molecule has 0 aromatic carbocycles. The lowest BCUT2D eigenvalue weighted by atomic mass is 9.83. The van der Waals surface area contributed by atoms with E-state index in [4.69, 9.17) is 0 Å². The summed E-state index contributed by atoms with van der Waals surface area (Å²) >= 11 is 0. The smallest absolute Gasteiger partial charge is 0.311 e. The van der Waals surface area contributed by atoms with Crippen LogP contribution in [0.25, 0.3) is 0 Å². The second kappa shape index (κ2) is 5.56. The maximum atomic E-state index is 12.8. The Morgan fingerprint density at radius 3 is 2.80 bits per heavy atom. The van der Waals surface area contributed by atoms with E-state index in [1.54, 1.807) is 0 Å². The van der Waals surface area contributed by atoms with Gasteiger partial charge in [-0.3, -0.25) is 9.59 Å². The van der Waals surface area contributed by atoms with E-state index in [1.807, 2.05) is 6.92 Å². The normalized spacial score (nSPS) is 22.0. The Morgan fingerprint density at radius 2 is 2.25 bits per heavy atom. The number of aliphatic carboxylic acids is 1. The molecule has 1 aliphatic heterocycles. The van der Waals surface area contributed by atoms with Crippen molar-refractivity contribution in [3.05, 3.63) is 29.8 Å². The van der Waals surface area contributed by atoms with Crippen LogP contribution in [0.5, 0.6) is 0 Å². The number of hydrogen-bond acceptors (Lipinski definition) is 3. The molecule has 108 valence electrons. The Kier molecular flexibility index (Phi) is 4.01. The van der Waals surface area contributed by atoms with Crippen LogP contribution in [0.4, 0.5) is 4.39 Å². The number of amides is 1. The number of halogens is 1. The molecule has 6 heteroatoms. The average Bonchev–Trinajstić information content (AvgIpc) is 2.85. The standard InChI is InChI=1S/C14H17FN2O3/c1-2-5-14(13(19)20)6-7-17(9-14)12(18)11-4-3-10(15)8-16-11/h3-4,8H,2,5-7,9H2,1H3,(H,19,20). The van der Waals surface area contributed by atoms with Crippen LogP contribution >= 0.6 is 0 Å². The monoisotopic (exact) mass is 280 g/mol. The van der Waals surface area contributed by atoms with Gasteiger partial charge >= 0.3 is 5.97 Å². The van der Waals surface area contributed by atoms with Crippen LogP contribution in [0, 0.1) is 11.2 Å². The van der Waals surface area contributed by atoms with Crippen LogP contribution < -0.4 is 0 Å². The second-order valence-electron chi connectivity index (χ2n) is 5.17. The molecule has 0 radical (unpaired) electrons. The number of carbonyl (C=O) groups is 2. The number of aromatic nitrogens is 1. The molecule has 2 heterocycles. The zero-order valence-electron chi connectivity index (χ0n) is 11.3. The summed E-state index contributed by atoms with van der Waals surface area (Å²) < 4.78 is 12.8. The van der Waals surface area contributed by atoms with Crippen molar-refractivity contribution in [3.63, 3.8) is 0 Å². The summed E-state index contributed by atoms with van der Waals surface area (Å²) in [5, 5.41) is 9.40. The highest BCUT2D eigenvalue weighted by Crippen LogP contribution is 2.36. The van der Waals surface area contributed by atoms with Gasteiger partial charge in [0.25, 0.3) is 5.91 Å². The fourth-order valence-corrected chi connectivity index (χ4v) is 2.67. The Hall–Kier alpha value is -1.98. The number of hydrogen-bond donors (Lipinski definition) is 1. The summed E-state index contributed by atoms with van der Waals surface area (Å²) in [5.74, 6) is -1.71. The summed E-state index contributed by atoms with van der Waals surface area (Å²) in [7, 11) is 0. The van der Waals surface area contributed by atoms with E-state index in [-0.39, 0.29) is 18.1 Å². The average molecular weight is 280 g/mol. The van der Waals surface area contributed by atoms with E-state index < -0.39 is 17.2 Å². The Bertz CT molecular complexity index is 518. The van der Waals surface area contributed by atoms with Crippen molar-refractivity contribution in [3.8, 4) is 0 Å². The highest BCUT2D eigenvalue weighted by Gasteiger charge is 2.45. The topological polar surface area (TPSA) is 70.5 Å². The molecule has 0 spiro atoms. The van der Waals surface area contributed by atoms with E-state index in [0.29, 0.717) is 19.4 Å². The molecule has 1 aromatic heterocycles. The fourth-order valence-electron chi connectivity index (χ4n) is 2.67. The van der Waals surface area contributed by atoms with Gasteiger partial charge in [0.15, 0.2) is 0 Å². The molecule has 2 rings (SSSR count). The Morgan fingerprint density at radius 1 is 1.50 bits per heavy atom. The number of carboxylic acids is 1. The summed E-state index contributed by atoms with van der Waals surface area (Å²) in [6, 6.07) is 2.49. The number of rotatable bonds is 4. The van der Waals surface area contributed by atoms with Crippen molar-refractivity contribution in [2.75, 3.05) is 13.1 Å². The molecule has 1 amide bonds. The quantitative estimate of drug-likeness (QED) is 0.915. The minimum atomic E-state index is -0.860. The van der Waals surface area contributed by atoms with Gasteiger partial charge in [0, 0.05) is 13.1 Å². The van der Waals surface area contributed by atoms with Gasteiger partial charge in [-0.25, -0.2) is 9.37 Å². The third-order valence-corrected chi connectivity index (χ3v) is 3.77. The van der Waals surface area contributed by atoms with E-state index >= 15 is 0 Å². The van der Waals surface area contributed by atoms with Crippen molar-refractivity contribution in [1.82, 2.24) is 9.88 Å². The SMILES string of the molecule is CCCC1(C(=O)O)CCN(C(=O)c2ccc(F)cn2)C1. The summed E-state index contributed by atoms with van der Waals surface area (Å²) in [4.78, 5) is 28.9. The predicted molar refractivity (Wildman–Crippen MR) is 69.7 cm³/mol. The third-order valence-electron chi connectivity index (χ3n) is 3.77. The molecule has 0 bridgehead atoms. The third kappa shape index (κ3) is 2.64. The lowest BCUT2D eigenvalue weighted by Crippen LogP contribution is -2.37. The first-order chi connectivity index (χ1) is 9.48. The molecule has 1 aliphatic rings.